The lowest BCUT2D eigenvalue weighted by Gasteiger charge is -2.21. The van der Waals surface area contributed by atoms with E-state index in [-0.39, 0.29) is 0 Å². The lowest BCUT2D eigenvalue weighted by Crippen LogP contribution is -2.23. The lowest BCUT2D eigenvalue weighted by molar-refractivity contribution is 0.476. The molecule has 2 aromatic heterocycles. The molecule has 5 heteroatoms. The van der Waals surface area contributed by atoms with Crippen molar-refractivity contribution in [3.8, 4) is 10.7 Å². The van der Waals surface area contributed by atoms with Crippen LogP contribution in [0, 0.1) is 0 Å². The zero-order valence-electron chi connectivity index (χ0n) is 10.8. The van der Waals surface area contributed by atoms with E-state index in [0.717, 1.165) is 23.7 Å². The topological polar surface area (TPSA) is 42.7 Å². The first-order chi connectivity index (χ1) is 8.78. The quantitative estimate of drug-likeness (QED) is 0.924. The minimum Gasteiger partial charge on any atom is -0.309 e. The van der Waals surface area contributed by atoms with Crippen LogP contribution in [-0.4, -0.2) is 21.3 Å². The van der Waals surface area contributed by atoms with Gasteiger partial charge in [-0.15, -0.1) is 11.3 Å². The van der Waals surface area contributed by atoms with Gasteiger partial charge in [-0.1, -0.05) is 6.92 Å². The highest BCUT2D eigenvalue weighted by Gasteiger charge is 2.24. The number of aromatic nitrogens is 3. The molecule has 1 N–H and O–H groups in total. The fourth-order valence-electron chi connectivity index (χ4n) is 2.50. The Labute approximate surface area is 111 Å². The van der Waals surface area contributed by atoms with Gasteiger partial charge in [-0.2, -0.15) is 5.10 Å². The molecule has 0 saturated heterocycles. The summed E-state index contributed by atoms with van der Waals surface area (Å²) >= 11 is 1.80. The average Bonchev–Trinajstić information content (AvgIpc) is 2.95. The van der Waals surface area contributed by atoms with Gasteiger partial charge in [0.25, 0.3) is 0 Å². The molecule has 4 nitrogen and oxygen atoms in total. The van der Waals surface area contributed by atoms with Crippen LogP contribution in [0.1, 0.15) is 36.4 Å². The fraction of sp³-hybridized carbons (Fsp3) is 0.538. The summed E-state index contributed by atoms with van der Waals surface area (Å²) < 4.78 is 1.83. The van der Waals surface area contributed by atoms with Gasteiger partial charge < -0.3 is 5.32 Å². The molecular formula is C13H18N4S. The van der Waals surface area contributed by atoms with Gasteiger partial charge in [0.1, 0.15) is 10.7 Å². The zero-order chi connectivity index (χ0) is 12.5. The van der Waals surface area contributed by atoms with Crippen molar-refractivity contribution in [1.29, 1.82) is 0 Å². The monoisotopic (exact) mass is 262 g/mol. The summed E-state index contributed by atoms with van der Waals surface area (Å²) in [6.45, 7) is 3.18. The molecule has 0 aliphatic heterocycles. The summed E-state index contributed by atoms with van der Waals surface area (Å²) in [4.78, 5) is 6.19. The number of nitrogens with zero attached hydrogens (tertiary/aromatic N) is 3. The van der Waals surface area contributed by atoms with Gasteiger partial charge in [-0.05, 0) is 31.9 Å². The Morgan fingerprint density at radius 1 is 1.56 bits per heavy atom. The number of rotatable bonds is 3. The third-order valence-electron chi connectivity index (χ3n) is 3.33. The first-order valence-electron chi connectivity index (χ1n) is 6.51. The summed E-state index contributed by atoms with van der Waals surface area (Å²) in [5.74, 6) is 0. The Hall–Kier alpha value is -1.20. The van der Waals surface area contributed by atoms with Crippen molar-refractivity contribution >= 4 is 11.3 Å². The summed E-state index contributed by atoms with van der Waals surface area (Å²) in [6, 6.07) is 2.53. The van der Waals surface area contributed by atoms with E-state index in [2.05, 4.69) is 17.3 Å². The van der Waals surface area contributed by atoms with Gasteiger partial charge in [0, 0.05) is 24.2 Å². The number of hydrogen-bond donors (Lipinski definition) is 1. The maximum Gasteiger partial charge on any atom is 0.144 e. The average molecular weight is 262 g/mol. The van der Waals surface area contributed by atoms with Crippen LogP contribution in [0.2, 0.25) is 0 Å². The van der Waals surface area contributed by atoms with Crippen molar-refractivity contribution in [2.45, 2.75) is 32.2 Å². The van der Waals surface area contributed by atoms with Crippen LogP contribution in [0.15, 0.2) is 12.3 Å². The van der Waals surface area contributed by atoms with E-state index in [0.29, 0.717) is 6.04 Å². The second-order valence-corrected chi connectivity index (χ2v) is 5.74. The molecule has 0 aromatic carbocycles. The van der Waals surface area contributed by atoms with Gasteiger partial charge in [-0.25, -0.2) is 4.98 Å². The molecule has 1 aliphatic rings. The third kappa shape index (κ3) is 2.08. The Kier molecular flexibility index (Phi) is 3.18. The van der Waals surface area contributed by atoms with Crippen LogP contribution >= 0.6 is 11.3 Å². The molecule has 0 radical (unpaired) electrons. The molecule has 96 valence electrons. The summed E-state index contributed by atoms with van der Waals surface area (Å²) in [7, 11) is 1.94. The van der Waals surface area contributed by atoms with Crippen LogP contribution < -0.4 is 5.32 Å². The molecule has 0 fully saturated rings. The van der Waals surface area contributed by atoms with E-state index >= 15 is 0 Å². The number of thiazole rings is 1. The van der Waals surface area contributed by atoms with E-state index in [1.807, 2.05) is 24.0 Å². The van der Waals surface area contributed by atoms with Crippen molar-refractivity contribution in [2.75, 3.05) is 6.54 Å². The van der Waals surface area contributed by atoms with Crippen molar-refractivity contribution in [3.05, 3.63) is 22.8 Å². The molecule has 3 rings (SSSR count). The second-order valence-electron chi connectivity index (χ2n) is 4.71. The smallest absolute Gasteiger partial charge is 0.144 e. The SMILES string of the molecule is CCNC1CCCc2nc(-c3ccn(C)n3)sc21. The van der Waals surface area contributed by atoms with E-state index < -0.39 is 0 Å². The van der Waals surface area contributed by atoms with Crippen LogP contribution in [0.5, 0.6) is 0 Å². The van der Waals surface area contributed by atoms with Crippen molar-refractivity contribution in [2.24, 2.45) is 7.05 Å². The molecular weight excluding hydrogens is 244 g/mol. The highest BCUT2D eigenvalue weighted by molar-refractivity contribution is 7.15. The Bertz CT molecular complexity index is 543. The third-order valence-corrected chi connectivity index (χ3v) is 4.57. The highest BCUT2D eigenvalue weighted by Crippen LogP contribution is 2.37. The number of nitrogens with one attached hydrogen (secondary N) is 1. The maximum atomic E-state index is 4.77. The predicted molar refractivity (Wildman–Crippen MR) is 73.7 cm³/mol. The number of hydrogen-bond acceptors (Lipinski definition) is 4. The molecule has 2 aromatic rings. The molecule has 0 spiro atoms. The zero-order valence-corrected chi connectivity index (χ0v) is 11.6. The fourth-order valence-corrected chi connectivity index (χ4v) is 3.69. The molecule has 0 amide bonds. The first kappa shape index (κ1) is 11.9. The van der Waals surface area contributed by atoms with Crippen molar-refractivity contribution in [3.63, 3.8) is 0 Å². The summed E-state index contributed by atoms with van der Waals surface area (Å²) in [5.41, 5.74) is 2.27. The second kappa shape index (κ2) is 4.82. The first-order valence-corrected chi connectivity index (χ1v) is 7.32. The minimum absolute atomic E-state index is 0.494. The van der Waals surface area contributed by atoms with Crippen LogP contribution in [0.25, 0.3) is 10.7 Å². The van der Waals surface area contributed by atoms with E-state index in [1.165, 1.54) is 23.4 Å². The highest BCUT2D eigenvalue weighted by atomic mass is 32.1. The van der Waals surface area contributed by atoms with Gasteiger partial charge in [-0.3, -0.25) is 4.68 Å². The Morgan fingerprint density at radius 3 is 3.17 bits per heavy atom. The van der Waals surface area contributed by atoms with Gasteiger partial charge in [0.05, 0.1) is 5.69 Å². The normalized spacial score (nSPS) is 18.9. The van der Waals surface area contributed by atoms with Gasteiger partial charge in [0.15, 0.2) is 0 Å². The molecule has 0 bridgehead atoms. The molecule has 1 unspecified atom stereocenters. The largest absolute Gasteiger partial charge is 0.309 e. The van der Waals surface area contributed by atoms with Gasteiger partial charge in [0.2, 0.25) is 0 Å². The number of fused-ring (bicyclic) bond motifs is 1. The van der Waals surface area contributed by atoms with Gasteiger partial charge >= 0.3 is 0 Å². The number of aryl methyl sites for hydroxylation is 2. The molecule has 0 saturated carbocycles. The molecule has 1 atom stereocenters. The van der Waals surface area contributed by atoms with E-state index in [9.17, 15) is 0 Å². The predicted octanol–water partition coefficient (Wildman–Crippen LogP) is 2.53. The maximum absolute atomic E-state index is 4.77. The van der Waals surface area contributed by atoms with Crippen molar-refractivity contribution in [1.82, 2.24) is 20.1 Å². The molecule has 2 heterocycles. The Balaban J connectivity index is 1.95. The standard InChI is InChI=1S/C13H18N4S/c1-3-14-9-5-4-6-10-12(9)18-13(15-10)11-7-8-17(2)16-11/h7-9,14H,3-6H2,1-2H3. The summed E-state index contributed by atoms with van der Waals surface area (Å²) in [6.07, 6.45) is 5.54. The molecule has 18 heavy (non-hydrogen) atoms. The van der Waals surface area contributed by atoms with Crippen molar-refractivity contribution < 1.29 is 0 Å². The Morgan fingerprint density at radius 2 is 2.44 bits per heavy atom. The lowest BCUT2D eigenvalue weighted by atomic mass is 9.98. The molecule has 1 aliphatic carbocycles. The van der Waals surface area contributed by atoms with E-state index in [1.54, 1.807) is 11.3 Å². The van der Waals surface area contributed by atoms with E-state index in [4.69, 9.17) is 4.98 Å². The van der Waals surface area contributed by atoms with Crippen LogP contribution in [0.3, 0.4) is 0 Å². The van der Waals surface area contributed by atoms with Crippen LogP contribution in [0.4, 0.5) is 0 Å². The summed E-state index contributed by atoms with van der Waals surface area (Å²) in [5, 5.41) is 9.06. The van der Waals surface area contributed by atoms with Crippen LogP contribution in [-0.2, 0) is 13.5 Å². The minimum atomic E-state index is 0.494.